The molecule has 2 aromatic heterocycles. The number of ether oxygens (including phenoxy) is 1. The van der Waals surface area contributed by atoms with Crippen molar-refractivity contribution in [2.45, 2.75) is 0 Å². The first-order valence-corrected chi connectivity index (χ1v) is 9.02. The van der Waals surface area contributed by atoms with Crippen molar-refractivity contribution in [2.75, 3.05) is 7.11 Å². The van der Waals surface area contributed by atoms with Gasteiger partial charge in [0.15, 0.2) is 16.5 Å². The Morgan fingerprint density at radius 2 is 2.11 bits per heavy atom. The summed E-state index contributed by atoms with van der Waals surface area (Å²) in [4.78, 5) is 17.5. The molecule has 0 bridgehead atoms. The van der Waals surface area contributed by atoms with Gasteiger partial charge in [0.1, 0.15) is 5.82 Å². The number of benzene rings is 2. The minimum absolute atomic E-state index is 0.122. The minimum Gasteiger partial charge on any atom is -0.503 e. The number of aromatic nitrogens is 2. The molecule has 0 spiro atoms. The van der Waals surface area contributed by atoms with Crippen LogP contribution in [0.4, 0.5) is 4.39 Å². The molecule has 0 amide bonds. The summed E-state index contributed by atoms with van der Waals surface area (Å²) in [7, 11) is 1.41. The zero-order valence-corrected chi connectivity index (χ0v) is 15.5. The van der Waals surface area contributed by atoms with Crippen LogP contribution in [0.5, 0.6) is 11.5 Å². The standard InChI is InChI=1S/C19H12ClFN2O3S/c1-26-15-7-10(6-12(20)17(15)24)8-16-18(25)23-9-14(22-19(23)27-16)11-4-2-3-5-13(11)21/h2-9,24H,1H3. The van der Waals surface area contributed by atoms with Crippen LogP contribution in [0.25, 0.3) is 22.3 Å². The number of aromatic hydroxyl groups is 1. The summed E-state index contributed by atoms with van der Waals surface area (Å²) in [6, 6.07) is 9.39. The Morgan fingerprint density at radius 1 is 1.33 bits per heavy atom. The molecule has 27 heavy (non-hydrogen) atoms. The monoisotopic (exact) mass is 402 g/mol. The zero-order chi connectivity index (χ0) is 19.1. The predicted molar refractivity (Wildman–Crippen MR) is 103 cm³/mol. The quantitative estimate of drug-likeness (QED) is 0.570. The smallest absolute Gasteiger partial charge is 0.274 e. The molecule has 0 aliphatic rings. The molecule has 8 heteroatoms. The van der Waals surface area contributed by atoms with Gasteiger partial charge in [-0.05, 0) is 35.9 Å². The Balaban J connectivity index is 1.83. The van der Waals surface area contributed by atoms with Crippen LogP contribution in [-0.4, -0.2) is 21.6 Å². The first-order valence-electron chi connectivity index (χ1n) is 7.83. The normalized spacial score (nSPS) is 12.0. The molecule has 0 fully saturated rings. The molecule has 4 aromatic rings. The topological polar surface area (TPSA) is 63.8 Å². The molecule has 0 unspecified atom stereocenters. The number of hydrogen-bond donors (Lipinski definition) is 1. The van der Waals surface area contributed by atoms with E-state index in [4.69, 9.17) is 16.3 Å². The average Bonchev–Trinajstić information content (AvgIpc) is 3.18. The van der Waals surface area contributed by atoms with Crippen molar-refractivity contribution in [2.24, 2.45) is 0 Å². The van der Waals surface area contributed by atoms with Crippen LogP contribution in [0, 0.1) is 5.82 Å². The third kappa shape index (κ3) is 3.05. The van der Waals surface area contributed by atoms with E-state index in [1.165, 1.54) is 41.2 Å². The number of thiazole rings is 1. The van der Waals surface area contributed by atoms with Crippen molar-refractivity contribution in [1.29, 1.82) is 0 Å². The van der Waals surface area contributed by atoms with Crippen molar-refractivity contribution in [1.82, 2.24) is 9.38 Å². The van der Waals surface area contributed by atoms with Gasteiger partial charge in [-0.15, -0.1) is 0 Å². The molecule has 2 aromatic carbocycles. The van der Waals surface area contributed by atoms with E-state index in [1.807, 2.05) is 0 Å². The summed E-state index contributed by atoms with van der Waals surface area (Å²) < 4.78 is 20.8. The first kappa shape index (κ1) is 17.5. The Morgan fingerprint density at radius 3 is 2.81 bits per heavy atom. The Kier molecular flexibility index (Phi) is 4.33. The maximum atomic E-state index is 13.9. The molecule has 0 saturated carbocycles. The summed E-state index contributed by atoms with van der Waals surface area (Å²) in [5.74, 6) is -0.341. The number of hydrogen-bond acceptors (Lipinski definition) is 5. The van der Waals surface area contributed by atoms with Gasteiger partial charge in [-0.2, -0.15) is 0 Å². The van der Waals surface area contributed by atoms with E-state index in [-0.39, 0.29) is 22.1 Å². The number of halogens is 2. The summed E-state index contributed by atoms with van der Waals surface area (Å²) in [6.45, 7) is 0. The molecule has 5 nitrogen and oxygen atoms in total. The number of nitrogens with zero attached hydrogens (tertiary/aromatic N) is 2. The van der Waals surface area contributed by atoms with Gasteiger partial charge in [0.25, 0.3) is 5.56 Å². The molecule has 2 heterocycles. The number of methoxy groups -OCH3 is 1. The van der Waals surface area contributed by atoms with E-state index in [9.17, 15) is 14.3 Å². The predicted octanol–water partition coefficient (Wildman–Crippen LogP) is 3.48. The van der Waals surface area contributed by atoms with E-state index in [2.05, 4.69) is 4.98 Å². The Labute approximate surface area is 161 Å². The van der Waals surface area contributed by atoms with Crippen LogP contribution >= 0.6 is 22.9 Å². The van der Waals surface area contributed by atoms with Crippen molar-refractivity contribution >= 4 is 34.0 Å². The highest BCUT2D eigenvalue weighted by Gasteiger charge is 2.13. The number of fused-ring (bicyclic) bond motifs is 1. The third-order valence-corrected chi connectivity index (χ3v) is 5.29. The van der Waals surface area contributed by atoms with Crippen LogP contribution < -0.4 is 14.8 Å². The average molecular weight is 403 g/mol. The molecule has 0 saturated heterocycles. The second kappa shape index (κ2) is 6.68. The molecule has 0 atom stereocenters. The Bertz CT molecular complexity index is 1280. The van der Waals surface area contributed by atoms with Crippen molar-refractivity contribution in [3.8, 4) is 22.8 Å². The van der Waals surface area contributed by atoms with Crippen molar-refractivity contribution in [3.63, 3.8) is 0 Å². The van der Waals surface area contributed by atoms with Crippen molar-refractivity contribution < 1.29 is 14.2 Å². The molecular formula is C19H12ClFN2O3S. The summed E-state index contributed by atoms with van der Waals surface area (Å²) in [5, 5.41) is 9.93. The van der Waals surface area contributed by atoms with Gasteiger partial charge in [-0.1, -0.05) is 35.1 Å². The number of phenolic OH excluding ortho intramolecular Hbond substituents is 1. The Hall–Kier alpha value is -2.90. The number of rotatable bonds is 3. The fourth-order valence-corrected chi connectivity index (χ4v) is 3.89. The summed E-state index contributed by atoms with van der Waals surface area (Å²) in [6.07, 6.45) is 3.16. The van der Waals surface area contributed by atoms with Gasteiger partial charge >= 0.3 is 0 Å². The van der Waals surface area contributed by atoms with Gasteiger partial charge in [0.05, 0.1) is 22.4 Å². The zero-order valence-electron chi connectivity index (χ0n) is 13.9. The fourth-order valence-electron chi connectivity index (χ4n) is 2.72. The molecule has 4 rings (SSSR count). The van der Waals surface area contributed by atoms with E-state index in [1.54, 1.807) is 30.3 Å². The highest BCUT2D eigenvalue weighted by atomic mass is 35.5. The molecule has 1 N–H and O–H groups in total. The van der Waals surface area contributed by atoms with Gasteiger partial charge in [-0.25, -0.2) is 9.37 Å². The second-order valence-electron chi connectivity index (χ2n) is 5.73. The summed E-state index contributed by atoms with van der Waals surface area (Å²) in [5.41, 5.74) is 1.07. The van der Waals surface area contributed by atoms with E-state index in [0.717, 1.165) is 0 Å². The van der Waals surface area contributed by atoms with Crippen LogP contribution in [-0.2, 0) is 0 Å². The lowest BCUT2D eigenvalue weighted by molar-refractivity contribution is 0.373. The van der Waals surface area contributed by atoms with Crippen LogP contribution in [0.3, 0.4) is 0 Å². The number of phenols is 1. The highest BCUT2D eigenvalue weighted by molar-refractivity contribution is 7.15. The lowest BCUT2D eigenvalue weighted by Crippen LogP contribution is -2.22. The van der Waals surface area contributed by atoms with E-state index >= 15 is 0 Å². The second-order valence-corrected chi connectivity index (χ2v) is 7.14. The van der Waals surface area contributed by atoms with Crippen molar-refractivity contribution in [3.05, 3.63) is 73.9 Å². The highest BCUT2D eigenvalue weighted by Crippen LogP contribution is 2.35. The van der Waals surface area contributed by atoms with E-state index in [0.29, 0.717) is 26.3 Å². The van der Waals surface area contributed by atoms with Crippen LogP contribution in [0.1, 0.15) is 5.56 Å². The van der Waals surface area contributed by atoms with Gasteiger partial charge in [0.2, 0.25) is 0 Å². The van der Waals surface area contributed by atoms with Gasteiger partial charge in [-0.3, -0.25) is 9.20 Å². The lowest BCUT2D eigenvalue weighted by atomic mass is 10.1. The maximum Gasteiger partial charge on any atom is 0.274 e. The SMILES string of the molecule is COc1cc(C=c2sc3nc(-c4ccccc4F)cn3c2=O)cc(Cl)c1O. The van der Waals surface area contributed by atoms with Gasteiger partial charge < -0.3 is 9.84 Å². The van der Waals surface area contributed by atoms with Gasteiger partial charge in [0, 0.05) is 11.8 Å². The minimum atomic E-state index is -0.395. The van der Waals surface area contributed by atoms with E-state index < -0.39 is 5.82 Å². The largest absolute Gasteiger partial charge is 0.503 e. The first-order chi connectivity index (χ1) is 13.0. The molecule has 0 aliphatic heterocycles. The third-order valence-electron chi connectivity index (χ3n) is 4.02. The van der Waals surface area contributed by atoms with Crippen LogP contribution in [0.15, 0.2) is 47.4 Å². The molecule has 136 valence electrons. The molecule has 0 radical (unpaired) electrons. The van der Waals surface area contributed by atoms with Crippen LogP contribution in [0.2, 0.25) is 5.02 Å². The fraction of sp³-hybridized carbons (Fsp3) is 0.0526. The molecular weight excluding hydrogens is 391 g/mol. The number of imidazole rings is 1. The summed E-state index contributed by atoms with van der Waals surface area (Å²) >= 11 is 7.17. The lowest BCUT2D eigenvalue weighted by Gasteiger charge is -2.05. The maximum absolute atomic E-state index is 13.9. The molecule has 0 aliphatic carbocycles.